The number of aryl methyl sites for hydroxylation is 2. The largest absolute Gasteiger partial charge is 0.305 e. The maximum Gasteiger partial charge on any atom is 0.252 e. The summed E-state index contributed by atoms with van der Waals surface area (Å²) in [6.07, 6.45) is 6.78. The summed E-state index contributed by atoms with van der Waals surface area (Å²) in [6, 6.07) is 12.8. The molecule has 6 nitrogen and oxygen atoms in total. The van der Waals surface area contributed by atoms with Gasteiger partial charge in [-0.1, -0.05) is 41.0 Å². The number of aromatic nitrogens is 1. The molecule has 1 amide bonds. The highest BCUT2D eigenvalue weighted by molar-refractivity contribution is 7.89. The molecule has 0 radical (unpaired) electrons. The molecule has 166 valence electrons. The number of thiazole rings is 1. The second-order valence-electron chi connectivity index (χ2n) is 8.11. The standard InChI is InChI=1S/C24H25N3O3S2/c1-4-13-27-21-12-9-18(3)15-22(21)31-24(27)25-23(28)19-6-5-14-26(16-19)32(29,30)20-10-7-17(2)8-11-20/h1,7-12,15,19H,5-6,13-14,16H2,2-3H3. The van der Waals surface area contributed by atoms with Crippen molar-refractivity contribution in [3.63, 3.8) is 0 Å². The number of piperidine rings is 1. The van der Waals surface area contributed by atoms with Gasteiger partial charge in [0.1, 0.15) is 0 Å². The minimum atomic E-state index is -3.65. The third kappa shape index (κ3) is 4.42. The zero-order valence-electron chi connectivity index (χ0n) is 18.1. The number of terminal acetylenes is 1. The zero-order chi connectivity index (χ0) is 22.9. The van der Waals surface area contributed by atoms with Crippen molar-refractivity contribution in [2.45, 2.75) is 38.1 Å². The number of carbonyl (C=O) groups is 1. The van der Waals surface area contributed by atoms with Crippen LogP contribution in [0.15, 0.2) is 52.4 Å². The quantitative estimate of drug-likeness (QED) is 0.552. The predicted octanol–water partition coefficient (Wildman–Crippen LogP) is 3.48. The molecule has 1 unspecified atom stereocenters. The van der Waals surface area contributed by atoms with E-state index in [0.29, 0.717) is 30.7 Å². The van der Waals surface area contributed by atoms with E-state index in [0.717, 1.165) is 21.3 Å². The smallest absolute Gasteiger partial charge is 0.252 e. The van der Waals surface area contributed by atoms with Crippen LogP contribution in [0.1, 0.15) is 24.0 Å². The second kappa shape index (κ2) is 9.02. The molecule has 32 heavy (non-hydrogen) atoms. The molecular formula is C24H25N3O3S2. The maximum absolute atomic E-state index is 13.1. The lowest BCUT2D eigenvalue weighted by atomic mass is 9.99. The van der Waals surface area contributed by atoms with Crippen molar-refractivity contribution in [1.82, 2.24) is 8.87 Å². The first-order valence-corrected chi connectivity index (χ1v) is 12.7. The number of nitrogens with zero attached hydrogens (tertiary/aromatic N) is 3. The lowest BCUT2D eigenvalue weighted by Crippen LogP contribution is -2.42. The highest BCUT2D eigenvalue weighted by atomic mass is 32.2. The monoisotopic (exact) mass is 467 g/mol. The van der Waals surface area contributed by atoms with Gasteiger partial charge in [0.2, 0.25) is 10.0 Å². The van der Waals surface area contributed by atoms with Crippen molar-refractivity contribution in [3.05, 3.63) is 58.4 Å². The number of benzene rings is 2. The molecule has 0 aliphatic carbocycles. The first kappa shape index (κ1) is 22.5. The average molecular weight is 468 g/mol. The van der Waals surface area contributed by atoms with Crippen LogP contribution in [0.5, 0.6) is 0 Å². The lowest BCUT2D eigenvalue weighted by Gasteiger charge is -2.30. The van der Waals surface area contributed by atoms with E-state index in [1.807, 2.05) is 36.6 Å². The Bertz CT molecular complexity index is 1380. The molecule has 2 heterocycles. The van der Waals surface area contributed by atoms with Gasteiger partial charge in [0.25, 0.3) is 5.91 Å². The SMILES string of the molecule is C#CCn1c(=NC(=O)C2CCCN(S(=O)(=O)c3ccc(C)cc3)C2)sc2cc(C)ccc21. The molecule has 0 saturated carbocycles. The van der Waals surface area contributed by atoms with Crippen molar-refractivity contribution in [2.24, 2.45) is 10.9 Å². The van der Waals surface area contributed by atoms with Gasteiger partial charge in [-0.05, 0) is 56.5 Å². The minimum Gasteiger partial charge on any atom is -0.305 e. The van der Waals surface area contributed by atoms with Crippen molar-refractivity contribution in [3.8, 4) is 12.3 Å². The first-order chi connectivity index (χ1) is 15.3. The molecule has 3 aromatic rings. The van der Waals surface area contributed by atoms with Crippen LogP contribution in [-0.2, 0) is 21.4 Å². The molecule has 0 N–H and O–H groups in total. The number of carbonyl (C=O) groups excluding carboxylic acids is 1. The van der Waals surface area contributed by atoms with Gasteiger partial charge < -0.3 is 4.57 Å². The Hall–Kier alpha value is -2.73. The summed E-state index contributed by atoms with van der Waals surface area (Å²) >= 11 is 1.42. The van der Waals surface area contributed by atoms with Crippen molar-refractivity contribution >= 4 is 37.5 Å². The Labute approximate surface area is 192 Å². The van der Waals surface area contributed by atoms with Gasteiger partial charge >= 0.3 is 0 Å². The molecule has 1 aromatic heterocycles. The summed E-state index contributed by atoms with van der Waals surface area (Å²) in [5.41, 5.74) is 3.05. The molecular weight excluding hydrogens is 442 g/mol. The van der Waals surface area contributed by atoms with Crippen molar-refractivity contribution in [1.29, 1.82) is 0 Å². The van der Waals surface area contributed by atoms with Gasteiger partial charge in [0.05, 0.1) is 27.6 Å². The van der Waals surface area contributed by atoms with Crippen LogP contribution < -0.4 is 4.80 Å². The Kier molecular flexibility index (Phi) is 6.33. The number of fused-ring (bicyclic) bond motifs is 1. The van der Waals surface area contributed by atoms with E-state index < -0.39 is 15.9 Å². The molecule has 2 aromatic carbocycles. The van der Waals surface area contributed by atoms with Crippen LogP contribution in [0.4, 0.5) is 0 Å². The molecule has 1 aliphatic heterocycles. The van der Waals surface area contributed by atoms with E-state index >= 15 is 0 Å². The molecule has 1 saturated heterocycles. The number of sulfonamides is 1. The summed E-state index contributed by atoms with van der Waals surface area (Å²) in [5, 5.41) is 0. The van der Waals surface area contributed by atoms with Crippen LogP contribution >= 0.6 is 11.3 Å². The topological polar surface area (TPSA) is 71.7 Å². The van der Waals surface area contributed by atoms with E-state index in [-0.39, 0.29) is 17.3 Å². The fourth-order valence-electron chi connectivity index (χ4n) is 3.92. The minimum absolute atomic E-state index is 0.137. The Morgan fingerprint density at radius 2 is 1.91 bits per heavy atom. The van der Waals surface area contributed by atoms with E-state index in [1.54, 1.807) is 24.3 Å². The fraction of sp³-hybridized carbons (Fsp3) is 0.333. The Balaban J connectivity index is 1.63. The first-order valence-electron chi connectivity index (χ1n) is 10.5. The Morgan fingerprint density at radius 1 is 1.19 bits per heavy atom. The number of hydrogen-bond donors (Lipinski definition) is 0. The van der Waals surface area contributed by atoms with Crippen molar-refractivity contribution in [2.75, 3.05) is 13.1 Å². The Morgan fingerprint density at radius 3 is 2.62 bits per heavy atom. The predicted molar refractivity (Wildman–Crippen MR) is 127 cm³/mol. The summed E-state index contributed by atoms with van der Waals surface area (Å²) in [4.78, 5) is 18.3. The van der Waals surface area contributed by atoms with Crippen LogP contribution in [-0.4, -0.2) is 36.3 Å². The zero-order valence-corrected chi connectivity index (χ0v) is 19.7. The van der Waals surface area contributed by atoms with Gasteiger partial charge in [-0.2, -0.15) is 9.30 Å². The van der Waals surface area contributed by atoms with E-state index in [9.17, 15) is 13.2 Å². The molecule has 0 spiro atoms. The van der Waals surface area contributed by atoms with Gasteiger partial charge in [-0.3, -0.25) is 4.79 Å². The summed E-state index contributed by atoms with van der Waals surface area (Å²) in [5.74, 6) is 1.85. The highest BCUT2D eigenvalue weighted by Crippen LogP contribution is 2.25. The van der Waals surface area contributed by atoms with Crippen LogP contribution in [0.25, 0.3) is 10.2 Å². The maximum atomic E-state index is 13.1. The normalized spacial score (nSPS) is 18.0. The molecule has 1 aliphatic rings. The van der Waals surface area contributed by atoms with Gasteiger partial charge in [-0.15, -0.1) is 6.42 Å². The molecule has 1 atom stereocenters. The van der Waals surface area contributed by atoms with Gasteiger partial charge in [0.15, 0.2) is 4.80 Å². The number of rotatable bonds is 4. The van der Waals surface area contributed by atoms with E-state index in [4.69, 9.17) is 6.42 Å². The molecule has 4 rings (SSSR count). The summed E-state index contributed by atoms with van der Waals surface area (Å²) in [7, 11) is -3.65. The van der Waals surface area contributed by atoms with Gasteiger partial charge in [0, 0.05) is 13.1 Å². The fourth-order valence-corrected chi connectivity index (χ4v) is 6.57. The molecule has 8 heteroatoms. The van der Waals surface area contributed by atoms with Crippen LogP contribution in [0, 0.1) is 32.1 Å². The van der Waals surface area contributed by atoms with Crippen LogP contribution in [0.3, 0.4) is 0 Å². The second-order valence-corrected chi connectivity index (χ2v) is 11.1. The lowest BCUT2D eigenvalue weighted by molar-refractivity contribution is -0.122. The summed E-state index contributed by atoms with van der Waals surface area (Å²) in [6.45, 7) is 4.78. The van der Waals surface area contributed by atoms with Crippen LogP contribution in [0.2, 0.25) is 0 Å². The van der Waals surface area contributed by atoms with E-state index in [1.165, 1.54) is 15.6 Å². The summed E-state index contributed by atoms with van der Waals surface area (Å²) < 4.78 is 30.4. The van der Waals surface area contributed by atoms with Crippen molar-refractivity contribution < 1.29 is 13.2 Å². The van der Waals surface area contributed by atoms with E-state index in [2.05, 4.69) is 10.9 Å². The third-order valence-electron chi connectivity index (χ3n) is 5.69. The number of amides is 1. The highest BCUT2D eigenvalue weighted by Gasteiger charge is 2.33. The third-order valence-corrected chi connectivity index (χ3v) is 8.61. The number of hydrogen-bond acceptors (Lipinski definition) is 4. The van der Waals surface area contributed by atoms with Gasteiger partial charge in [-0.25, -0.2) is 8.42 Å². The molecule has 1 fully saturated rings. The molecule has 0 bridgehead atoms. The average Bonchev–Trinajstić information content (AvgIpc) is 3.10.